The predicted molar refractivity (Wildman–Crippen MR) is 106 cm³/mol. The molecule has 0 N–H and O–H groups in total. The molecule has 27 heavy (non-hydrogen) atoms. The molecular weight excluding hydrogens is 368 g/mol. The van der Waals surface area contributed by atoms with Gasteiger partial charge in [-0.25, -0.2) is 4.98 Å². The van der Waals surface area contributed by atoms with Gasteiger partial charge in [-0.1, -0.05) is 35.9 Å². The molecule has 6 nitrogen and oxygen atoms in total. The van der Waals surface area contributed by atoms with Crippen molar-refractivity contribution in [1.82, 2.24) is 4.98 Å². The van der Waals surface area contributed by atoms with Crippen LogP contribution >= 0.6 is 11.6 Å². The van der Waals surface area contributed by atoms with Gasteiger partial charge in [-0.15, -0.1) is 0 Å². The first-order chi connectivity index (χ1) is 13.0. The molecule has 0 saturated heterocycles. The summed E-state index contributed by atoms with van der Waals surface area (Å²) in [7, 11) is 1.53. The highest BCUT2D eigenvalue weighted by Crippen LogP contribution is 2.36. The van der Waals surface area contributed by atoms with Gasteiger partial charge in [0.15, 0.2) is 11.5 Å². The molecule has 1 heterocycles. The van der Waals surface area contributed by atoms with Crippen LogP contribution in [0.3, 0.4) is 0 Å². The summed E-state index contributed by atoms with van der Waals surface area (Å²) in [5.74, 6) is 1.03. The average Bonchev–Trinajstić information content (AvgIpc) is 2.65. The number of hydrogen-bond donors (Lipinski definition) is 0. The molecule has 138 valence electrons. The molecule has 3 aromatic rings. The number of fused-ring (bicyclic) bond motifs is 1. The molecular formula is C20H17ClN2O4. The number of hydrogen-bond acceptors (Lipinski definition) is 5. The van der Waals surface area contributed by atoms with Crippen LogP contribution < -0.4 is 9.47 Å². The Hall–Kier alpha value is -3.12. The van der Waals surface area contributed by atoms with Gasteiger partial charge in [-0.3, -0.25) is 10.1 Å². The number of ether oxygens (including phenoxy) is 2. The van der Waals surface area contributed by atoms with Gasteiger partial charge in [-0.2, -0.15) is 0 Å². The summed E-state index contributed by atoms with van der Waals surface area (Å²) in [5, 5.41) is 12.4. The zero-order valence-electron chi connectivity index (χ0n) is 14.8. The van der Waals surface area contributed by atoms with E-state index in [0.717, 1.165) is 5.56 Å². The quantitative estimate of drug-likeness (QED) is 0.421. The fraction of sp³-hybridized carbons (Fsp3) is 0.150. The summed E-state index contributed by atoms with van der Waals surface area (Å²) < 4.78 is 10.8. The van der Waals surface area contributed by atoms with Gasteiger partial charge in [-0.05, 0) is 36.8 Å². The highest BCUT2D eigenvalue weighted by molar-refractivity contribution is 6.32. The molecule has 0 unspecified atom stereocenters. The topological polar surface area (TPSA) is 74.5 Å². The summed E-state index contributed by atoms with van der Waals surface area (Å²) in [4.78, 5) is 15.2. The van der Waals surface area contributed by atoms with Gasteiger partial charge in [0.25, 0.3) is 5.69 Å². The number of aromatic nitrogens is 1. The number of non-ortho nitro benzene ring substituents is 1. The number of pyridine rings is 1. The second-order valence-corrected chi connectivity index (χ2v) is 6.05. The molecule has 0 amide bonds. The van der Waals surface area contributed by atoms with Crippen molar-refractivity contribution in [1.29, 1.82) is 0 Å². The number of rotatable bonds is 6. The minimum absolute atomic E-state index is 0.0196. The maximum absolute atomic E-state index is 11.2. The predicted octanol–water partition coefficient (Wildman–Crippen LogP) is 5.37. The van der Waals surface area contributed by atoms with Gasteiger partial charge in [0.2, 0.25) is 0 Å². The lowest BCUT2D eigenvalue weighted by Crippen LogP contribution is -1.96. The van der Waals surface area contributed by atoms with Gasteiger partial charge < -0.3 is 9.47 Å². The summed E-state index contributed by atoms with van der Waals surface area (Å²) in [5.41, 5.74) is 1.73. The van der Waals surface area contributed by atoms with Crippen LogP contribution in [0, 0.1) is 10.1 Å². The number of methoxy groups -OCH3 is 1. The van der Waals surface area contributed by atoms with Crippen molar-refractivity contribution in [2.75, 3.05) is 13.7 Å². The first-order valence-electron chi connectivity index (χ1n) is 8.26. The van der Waals surface area contributed by atoms with Crippen molar-refractivity contribution < 1.29 is 14.4 Å². The normalized spacial score (nSPS) is 11.1. The van der Waals surface area contributed by atoms with Crippen LogP contribution in [0.1, 0.15) is 18.2 Å². The highest BCUT2D eigenvalue weighted by Gasteiger charge is 2.13. The zero-order chi connectivity index (χ0) is 19.4. The Labute approximate surface area is 161 Å². The van der Waals surface area contributed by atoms with Crippen molar-refractivity contribution in [3.8, 4) is 11.5 Å². The van der Waals surface area contributed by atoms with Crippen molar-refractivity contribution >= 4 is 40.3 Å². The lowest BCUT2D eigenvalue weighted by molar-refractivity contribution is -0.383. The van der Waals surface area contributed by atoms with E-state index in [2.05, 4.69) is 4.98 Å². The van der Waals surface area contributed by atoms with Crippen molar-refractivity contribution in [2.45, 2.75) is 6.92 Å². The maximum atomic E-state index is 11.2. The zero-order valence-corrected chi connectivity index (χ0v) is 15.6. The smallest absolute Gasteiger partial charge is 0.295 e. The third-order valence-corrected chi connectivity index (χ3v) is 4.18. The van der Waals surface area contributed by atoms with E-state index in [1.54, 1.807) is 30.3 Å². The standard InChI is InChI=1S/C20H17ClN2O4/c1-3-27-18-12-13(11-16(21)20(18)26-2)7-9-15-10-8-14-5-4-6-17(23(24)25)19(14)22-15/h4-12H,3H2,1-2H3/b9-7+. The molecule has 0 aliphatic rings. The van der Waals surface area contributed by atoms with E-state index in [-0.39, 0.29) is 5.69 Å². The Kier molecular flexibility index (Phi) is 5.57. The molecule has 0 atom stereocenters. The van der Waals surface area contributed by atoms with Crippen LogP contribution in [0.2, 0.25) is 5.02 Å². The average molecular weight is 385 g/mol. The number of halogens is 1. The third-order valence-electron chi connectivity index (χ3n) is 3.90. The molecule has 7 heteroatoms. The third kappa shape index (κ3) is 4.01. The number of nitro benzene ring substituents is 1. The molecule has 0 saturated carbocycles. The fourth-order valence-electron chi connectivity index (χ4n) is 2.71. The SMILES string of the molecule is CCOc1cc(/C=C/c2ccc3cccc([N+](=O)[O-])c3n2)cc(Cl)c1OC. The Balaban J connectivity index is 1.98. The van der Waals surface area contributed by atoms with Gasteiger partial charge >= 0.3 is 0 Å². The number of para-hydroxylation sites is 1. The molecule has 2 aromatic carbocycles. The minimum Gasteiger partial charge on any atom is -0.491 e. The van der Waals surface area contributed by atoms with Crippen LogP contribution in [0.25, 0.3) is 23.1 Å². The first kappa shape index (κ1) is 18.7. The lowest BCUT2D eigenvalue weighted by atomic mass is 10.1. The molecule has 0 aliphatic carbocycles. The van der Waals surface area contributed by atoms with Crippen LogP contribution in [-0.2, 0) is 0 Å². The molecule has 0 bridgehead atoms. The maximum Gasteiger partial charge on any atom is 0.295 e. The van der Waals surface area contributed by atoms with Crippen LogP contribution in [-0.4, -0.2) is 23.6 Å². The van der Waals surface area contributed by atoms with Crippen LogP contribution in [0.5, 0.6) is 11.5 Å². The van der Waals surface area contributed by atoms with Crippen molar-refractivity contribution in [2.24, 2.45) is 0 Å². The number of nitrogens with zero attached hydrogens (tertiary/aromatic N) is 2. The highest BCUT2D eigenvalue weighted by atomic mass is 35.5. The van der Waals surface area contributed by atoms with E-state index >= 15 is 0 Å². The van der Waals surface area contributed by atoms with E-state index in [1.807, 2.05) is 25.1 Å². The minimum atomic E-state index is -0.430. The summed E-state index contributed by atoms with van der Waals surface area (Å²) in [6.45, 7) is 2.36. The van der Waals surface area contributed by atoms with Crippen molar-refractivity contribution in [3.05, 3.63) is 68.9 Å². The van der Waals surface area contributed by atoms with E-state index < -0.39 is 4.92 Å². The monoisotopic (exact) mass is 384 g/mol. The van der Waals surface area contributed by atoms with Crippen LogP contribution in [0.4, 0.5) is 5.69 Å². The van der Waals surface area contributed by atoms with E-state index in [0.29, 0.717) is 39.7 Å². The second-order valence-electron chi connectivity index (χ2n) is 5.64. The molecule has 0 spiro atoms. The van der Waals surface area contributed by atoms with Gasteiger partial charge in [0, 0.05) is 11.5 Å². The van der Waals surface area contributed by atoms with E-state index in [4.69, 9.17) is 21.1 Å². The molecule has 0 radical (unpaired) electrons. The Morgan fingerprint density at radius 2 is 2.04 bits per heavy atom. The Morgan fingerprint density at radius 1 is 1.22 bits per heavy atom. The van der Waals surface area contributed by atoms with Gasteiger partial charge in [0.05, 0.1) is 29.4 Å². The Bertz CT molecular complexity index is 1030. The molecule has 3 rings (SSSR count). The molecule has 0 fully saturated rings. The lowest BCUT2D eigenvalue weighted by Gasteiger charge is -2.11. The largest absolute Gasteiger partial charge is 0.491 e. The van der Waals surface area contributed by atoms with Crippen LogP contribution in [0.15, 0.2) is 42.5 Å². The number of benzene rings is 2. The van der Waals surface area contributed by atoms with Gasteiger partial charge in [0.1, 0.15) is 5.52 Å². The van der Waals surface area contributed by atoms with Crippen molar-refractivity contribution in [3.63, 3.8) is 0 Å². The summed E-state index contributed by atoms with van der Waals surface area (Å²) >= 11 is 6.26. The fourth-order valence-corrected chi connectivity index (χ4v) is 3.01. The summed E-state index contributed by atoms with van der Waals surface area (Å²) in [6, 6.07) is 12.1. The Morgan fingerprint density at radius 3 is 2.74 bits per heavy atom. The number of nitro groups is 1. The van der Waals surface area contributed by atoms with E-state index in [9.17, 15) is 10.1 Å². The molecule has 1 aromatic heterocycles. The second kappa shape index (κ2) is 8.05. The molecule has 0 aliphatic heterocycles. The summed E-state index contributed by atoms with van der Waals surface area (Å²) in [6.07, 6.45) is 3.58. The van der Waals surface area contributed by atoms with E-state index in [1.165, 1.54) is 13.2 Å². The first-order valence-corrected chi connectivity index (χ1v) is 8.64.